The van der Waals surface area contributed by atoms with Crippen molar-refractivity contribution in [3.05, 3.63) is 58.6 Å². The third-order valence-corrected chi connectivity index (χ3v) is 7.30. The molecule has 0 bridgehead atoms. The smallest absolute Gasteiger partial charge is 0.409 e. The maximum atomic E-state index is 13.1. The van der Waals surface area contributed by atoms with E-state index in [0.29, 0.717) is 37.4 Å². The fourth-order valence-electron chi connectivity index (χ4n) is 3.46. The number of hydrogen-bond donors (Lipinski definition) is 2. The first-order valence-electron chi connectivity index (χ1n) is 11.1. The Kier molecular flexibility index (Phi) is 9.24. The summed E-state index contributed by atoms with van der Waals surface area (Å²) < 4.78 is 32.9. The van der Waals surface area contributed by atoms with Crippen LogP contribution in [0.2, 0.25) is 0 Å². The van der Waals surface area contributed by atoms with Crippen LogP contribution in [-0.4, -0.2) is 75.5 Å². The maximum absolute atomic E-state index is 13.1. The molecule has 2 aromatic rings. The zero-order chi connectivity index (χ0) is 25.4. The molecule has 1 aliphatic rings. The number of nitrogens with one attached hydrogen (secondary N) is 2. The molecule has 1 aliphatic heterocycles. The van der Waals surface area contributed by atoms with E-state index in [0.717, 1.165) is 4.47 Å². The van der Waals surface area contributed by atoms with Crippen molar-refractivity contribution in [2.75, 3.05) is 44.6 Å². The van der Waals surface area contributed by atoms with E-state index in [1.54, 1.807) is 53.1 Å². The highest BCUT2D eigenvalue weighted by Crippen LogP contribution is 2.19. The van der Waals surface area contributed by atoms with Crippen molar-refractivity contribution in [3.8, 4) is 0 Å². The molecule has 10 nitrogen and oxygen atoms in total. The van der Waals surface area contributed by atoms with Crippen LogP contribution >= 0.6 is 15.9 Å². The van der Waals surface area contributed by atoms with E-state index in [4.69, 9.17) is 4.74 Å². The number of carbonyl (C=O) groups excluding carboxylic acids is 3. The Balaban J connectivity index is 1.55. The number of sulfonamides is 1. The fourth-order valence-corrected chi connectivity index (χ4v) is 4.76. The molecular weight excluding hydrogens is 540 g/mol. The largest absolute Gasteiger partial charge is 0.450 e. The molecule has 0 unspecified atom stereocenters. The molecule has 12 heteroatoms. The van der Waals surface area contributed by atoms with Gasteiger partial charge < -0.3 is 19.9 Å². The van der Waals surface area contributed by atoms with Gasteiger partial charge in [0.05, 0.1) is 22.8 Å². The average molecular weight is 567 g/mol. The predicted octanol–water partition coefficient (Wildman–Crippen LogP) is 2.67. The minimum Gasteiger partial charge on any atom is -0.450 e. The Labute approximate surface area is 212 Å². The number of anilines is 1. The number of carbonyl (C=O) groups is 3. The molecule has 0 spiro atoms. The summed E-state index contributed by atoms with van der Waals surface area (Å²) in [6.45, 7) is 3.33. The highest BCUT2D eigenvalue weighted by atomic mass is 79.9. The molecule has 0 saturated carbocycles. The van der Waals surface area contributed by atoms with E-state index in [1.807, 2.05) is 0 Å². The summed E-state index contributed by atoms with van der Waals surface area (Å²) >= 11 is 3.25. The minimum absolute atomic E-state index is 0.0973. The van der Waals surface area contributed by atoms with Gasteiger partial charge in [-0.15, -0.1) is 0 Å². The molecule has 0 radical (unpaired) electrons. The van der Waals surface area contributed by atoms with E-state index in [-0.39, 0.29) is 30.4 Å². The van der Waals surface area contributed by atoms with Gasteiger partial charge in [-0.2, -0.15) is 0 Å². The quantitative estimate of drug-likeness (QED) is 0.506. The molecule has 0 aromatic heterocycles. The fraction of sp³-hybridized carbons (Fsp3) is 0.348. The number of rotatable bonds is 8. The Hall–Kier alpha value is -2.96. The standard InChI is InChI=1S/C23H27BrN4O6S/c1-2-34-23(31)28-15-13-27(14-16-28)22(30)19-5-3-4-6-20(19)26-21(29)11-12-25-35(32,33)18-9-7-17(24)8-10-18/h3-10,25H,2,11-16H2,1H3,(H,26,29). The van der Waals surface area contributed by atoms with Gasteiger partial charge in [-0.05, 0) is 43.3 Å². The predicted molar refractivity (Wildman–Crippen MR) is 134 cm³/mol. The molecule has 0 atom stereocenters. The summed E-state index contributed by atoms with van der Waals surface area (Å²) in [5.74, 6) is -0.698. The van der Waals surface area contributed by atoms with Gasteiger partial charge in [-0.3, -0.25) is 9.59 Å². The maximum Gasteiger partial charge on any atom is 0.409 e. The summed E-state index contributed by atoms with van der Waals surface area (Å²) in [5.41, 5.74) is 0.659. The highest BCUT2D eigenvalue weighted by Gasteiger charge is 2.27. The van der Waals surface area contributed by atoms with Crippen LogP contribution in [0.25, 0.3) is 0 Å². The van der Waals surface area contributed by atoms with Gasteiger partial charge in [0.2, 0.25) is 15.9 Å². The summed E-state index contributed by atoms with van der Waals surface area (Å²) in [6.07, 6.45) is -0.515. The van der Waals surface area contributed by atoms with Gasteiger partial charge in [-0.1, -0.05) is 28.1 Å². The SMILES string of the molecule is CCOC(=O)N1CCN(C(=O)c2ccccc2NC(=O)CCNS(=O)(=O)c2ccc(Br)cc2)CC1. The Morgan fingerprint density at radius 1 is 0.971 bits per heavy atom. The zero-order valence-electron chi connectivity index (χ0n) is 19.2. The lowest BCUT2D eigenvalue weighted by atomic mass is 10.1. The summed E-state index contributed by atoms with van der Waals surface area (Å²) in [7, 11) is -3.74. The van der Waals surface area contributed by atoms with Crippen LogP contribution in [0.1, 0.15) is 23.7 Å². The van der Waals surface area contributed by atoms with Gasteiger partial charge in [0.1, 0.15) is 0 Å². The second-order valence-electron chi connectivity index (χ2n) is 7.67. The van der Waals surface area contributed by atoms with Crippen LogP contribution < -0.4 is 10.0 Å². The summed E-state index contributed by atoms with van der Waals surface area (Å²) in [4.78, 5) is 40.7. The number of halogens is 1. The highest BCUT2D eigenvalue weighted by molar-refractivity contribution is 9.10. The molecule has 1 heterocycles. The van der Waals surface area contributed by atoms with Crippen molar-refractivity contribution in [1.29, 1.82) is 0 Å². The van der Waals surface area contributed by atoms with Crippen molar-refractivity contribution in [2.24, 2.45) is 0 Å². The monoisotopic (exact) mass is 566 g/mol. The van der Waals surface area contributed by atoms with Gasteiger partial charge in [0.15, 0.2) is 0 Å². The van der Waals surface area contributed by atoms with Crippen LogP contribution in [0.3, 0.4) is 0 Å². The third kappa shape index (κ3) is 7.26. The van der Waals surface area contributed by atoms with E-state index >= 15 is 0 Å². The van der Waals surface area contributed by atoms with Crippen LogP contribution in [0.4, 0.5) is 10.5 Å². The molecular formula is C23H27BrN4O6S. The number of para-hydroxylation sites is 1. The Morgan fingerprint density at radius 3 is 2.26 bits per heavy atom. The number of hydrogen-bond acceptors (Lipinski definition) is 6. The number of amides is 3. The zero-order valence-corrected chi connectivity index (χ0v) is 21.6. The first-order chi connectivity index (χ1) is 16.7. The molecule has 188 valence electrons. The lowest BCUT2D eigenvalue weighted by molar-refractivity contribution is -0.116. The number of nitrogens with zero attached hydrogens (tertiary/aromatic N) is 2. The lowest BCUT2D eigenvalue weighted by Gasteiger charge is -2.34. The van der Waals surface area contributed by atoms with Crippen molar-refractivity contribution in [2.45, 2.75) is 18.2 Å². The summed E-state index contributed by atoms with van der Waals surface area (Å²) in [5, 5.41) is 2.70. The van der Waals surface area contributed by atoms with Crippen LogP contribution in [0, 0.1) is 0 Å². The van der Waals surface area contributed by atoms with Gasteiger partial charge in [-0.25, -0.2) is 17.9 Å². The summed E-state index contributed by atoms with van der Waals surface area (Å²) in [6, 6.07) is 12.8. The average Bonchev–Trinajstić information content (AvgIpc) is 2.84. The van der Waals surface area contributed by atoms with Crippen molar-refractivity contribution >= 4 is 49.5 Å². The van der Waals surface area contributed by atoms with E-state index in [2.05, 4.69) is 26.0 Å². The Morgan fingerprint density at radius 2 is 1.60 bits per heavy atom. The van der Waals surface area contributed by atoms with Gasteiger partial charge in [0.25, 0.3) is 5.91 Å². The van der Waals surface area contributed by atoms with Crippen molar-refractivity contribution in [3.63, 3.8) is 0 Å². The number of ether oxygens (including phenoxy) is 1. The molecule has 2 aromatic carbocycles. The van der Waals surface area contributed by atoms with Gasteiger partial charge >= 0.3 is 6.09 Å². The number of benzene rings is 2. The molecule has 3 rings (SSSR count). The number of piperazine rings is 1. The molecule has 3 amide bonds. The molecule has 0 aliphatic carbocycles. The van der Waals surface area contributed by atoms with Gasteiger partial charge in [0, 0.05) is 43.6 Å². The molecule has 1 fully saturated rings. The first-order valence-corrected chi connectivity index (χ1v) is 13.3. The lowest BCUT2D eigenvalue weighted by Crippen LogP contribution is -2.50. The molecule has 1 saturated heterocycles. The first kappa shape index (κ1) is 26.6. The third-order valence-electron chi connectivity index (χ3n) is 5.29. The molecule has 2 N–H and O–H groups in total. The van der Waals surface area contributed by atoms with Crippen molar-refractivity contribution < 1.29 is 27.5 Å². The van der Waals surface area contributed by atoms with E-state index in [9.17, 15) is 22.8 Å². The van der Waals surface area contributed by atoms with Crippen LogP contribution in [-0.2, 0) is 19.6 Å². The van der Waals surface area contributed by atoms with Crippen LogP contribution in [0.15, 0.2) is 57.9 Å². The second-order valence-corrected chi connectivity index (χ2v) is 10.4. The second kappa shape index (κ2) is 12.1. The molecule has 35 heavy (non-hydrogen) atoms. The van der Waals surface area contributed by atoms with E-state index < -0.39 is 22.0 Å². The van der Waals surface area contributed by atoms with Crippen molar-refractivity contribution in [1.82, 2.24) is 14.5 Å². The minimum atomic E-state index is -3.74. The Bertz CT molecular complexity index is 1160. The normalized spacial score (nSPS) is 13.9. The topological polar surface area (TPSA) is 125 Å². The van der Waals surface area contributed by atoms with Crippen LogP contribution in [0.5, 0.6) is 0 Å². The van der Waals surface area contributed by atoms with E-state index in [1.165, 1.54) is 12.1 Å².